The van der Waals surface area contributed by atoms with Crippen LogP contribution in [0.1, 0.15) is 50.7 Å². The van der Waals surface area contributed by atoms with Crippen molar-refractivity contribution in [3.63, 3.8) is 0 Å². The first-order chi connectivity index (χ1) is 13.5. The third-order valence-electron chi connectivity index (χ3n) is 5.01. The summed E-state index contributed by atoms with van der Waals surface area (Å²) in [6.45, 7) is 8.87. The van der Waals surface area contributed by atoms with Crippen molar-refractivity contribution in [3.8, 4) is 0 Å². The highest BCUT2D eigenvalue weighted by Gasteiger charge is 2.10. The van der Waals surface area contributed by atoms with Crippen molar-refractivity contribution in [1.82, 2.24) is 9.97 Å². The standard InChI is InChI=1S/C24H24N2S2/c1-15(2)17-5-7-19-21(13-17)25-11-9-23(19)27-28-24-10-12-26-22-14-18(16(3)4)6-8-20(22)24/h5-16H,1-4H3. The maximum atomic E-state index is 4.58. The summed E-state index contributed by atoms with van der Waals surface area (Å²) in [6, 6.07) is 17.5. The van der Waals surface area contributed by atoms with E-state index in [-0.39, 0.29) is 0 Å². The Labute approximate surface area is 174 Å². The number of fused-ring (bicyclic) bond motifs is 2. The van der Waals surface area contributed by atoms with Crippen LogP contribution in [0.2, 0.25) is 0 Å². The summed E-state index contributed by atoms with van der Waals surface area (Å²) in [6.07, 6.45) is 3.82. The molecule has 4 aromatic rings. The van der Waals surface area contributed by atoms with E-state index in [0.29, 0.717) is 11.8 Å². The van der Waals surface area contributed by atoms with E-state index in [2.05, 4.69) is 86.2 Å². The second-order valence-corrected chi connectivity index (χ2v) is 9.86. The molecule has 0 amide bonds. The van der Waals surface area contributed by atoms with Gasteiger partial charge in [-0.15, -0.1) is 0 Å². The molecule has 0 aliphatic heterocycles. The minimum Gasteiger partial charge on any atom is -0.256 e. The molecule has 0 aliphatic rings. The van der Waals surface area contributed by atoms with Crippen LogP contribution in [-0.2, 0) is 0 Å². The summed E-state index contributed by atoms with van der Waals surface area (Å²) in [5, 5.41) is 2.43. The lowest BCUT2D eigenvalue weighted by Crippen LogP contribution is -1.89. The summed E-state index contributed by atoms with van der Waals surface area (Å²) in [5.74, 6) is 1.02. The van der Waals surface area contributed by atoms with Crippen LogP contribution in [0.3, 0.4) is 0 Å². The Morgan fingerprint density at radius 2 is 1.04 bits per heavy atom. The summed E-state index contributed by atoms with van der Waals surface area (Å²) in [4.78, 5) is 11.7. The Morgan fingerprint density at radius 3 is 1.43 bits per heavy atom. The van der Waals surface area contributed by atoms with Crippen molar-refractivity contribution in [3.05, 3.63) is 72.1 Å². The van der Waals surface area contributed by atoms with Gasteiger partial charge in [-0.3, -0.25) is 9.97 Å². The van der Waals surface area contributed by atoms with Crippen LogP contribution >= 0.6 is 21.6 Å². The lowest BCUT2D eigenvalue weighted by Gasteiger charge is -2.11. The van der Waals surface area contributed by atoms with Gasteiger partial charge in [-0.05, 0) is 47.2 Å². The minimum absolute atomic E-state index is 0.510. The fourth-order valence-corrected chi connectivity index (χ4v) is 5.58. The molecule has 0 fully saturated rings. The number of benzene rings is 2. The monoisotopic (exact) mass is 404 g/mol. The molecule has 0 spiro atoms. The van der Waals surface area contributed by atoms with Crippen LogP contribution in [0.15, 0.2) is 70.7 Å². The number of aromatic nitrogens is 2. The molecule has 142 valence electrons. The second kappa shape index (κ2) is 8.14. The topological polar surface area (TPSA) is 25.8 Å². The second-order valence-electron chi connectivity index (χ2n) is 7.65. The first-order valence-corrected chi connectivity index (χ1v) is 11.8. The number of pyridine rings is 2. The van der Waals surface area contributed by atoms with Gasteiger partial charge in [-0.1, -0.05) is 73.5 Å². The van der Waals surface area contributed by atoms with Crippen LogP contribution < -0.4 is 0 Å². The molecule has 0 saturated carbocycles. The first kappa shape index (κ1) is 19.3. The van der Waals surface area contributed by atoms with Gasteiger partial charge in [0.25, 0.3) is 0 Å². The summed E-state index contributed by atoms with van der Waals surface area (Å²) < 4.78 is 0. The summed E-state index contributed by atoms with van der Waals surface area (Å²) in [5.41, 5.74) is 4.79. The van der Waals surface area contributed by atoms with Crippen LogP contribution in [0, 0.1) is 0 Å². The average molecular weight is 405 g/mol. The summed E-state index contributed by atoms with van der Waals surface area (Å²) in [7, 11) is 3.58. The molecule has 2 aromatic carbocycles. The molecule has 2 heterocycles. The van der Waals surface area contributed by atoms with E-state index in [9.17, 15) is 0 Å². The molecule has 28 heavy (non-hydrogen) atoms. The number of hydrogen-bond donors (Lipinski definition) is 0. The molecule has 0 unspecified atom stereocenters. The smallest absolute Gasteiger partial charge is 0.0716 e. The molecule has 0 saturated heterocycles. The van der Waals surface area contributed by atoms with Crippen molar-refractivity contribution in [2.24, 2.45) is 0 Å². The Hall–Kier alpha value is -2.04. The molecule has 0 N–H and O–H groups in total. The largest absolute Gasteiger partial charge is 0.256 e. The van der Waals surface area contributed by atoms with Crippen LogP contribution in [0.5, 0.6) is 0 Å². The highest BCUT2D eigenvalue weighted by atomic mass is 33.1. The van der Waals surface area contributed by atoms with E-state index in [1.807, 2.05) is 12.4 Å². The Kier molecular flexibility index (Phi) is 5.61. The van der Waals surface area contributed by atoms with Gasteiger partial charge in [0, 0.05) is 33.0 Å². The van der Waals surface area contributed by atoms with Crippen LogP contribution in [0.25, 0.3) is 21.8 Å². The molecule has 4 heteroatoms. The van der Waals surface area contributed by atoms with Gasteiger partial charge in [0.1, 0.15) is 0 Å². The fourth-order valence-electron chi connectivity index (χ4n) is 3.23. The zero-order valence-corrected chi connectivity index (χ0v) is 18.3. The highest BCUT2D eigenvalue weighted by Crippen LogP contribution is 2.42. The predicted octanol–water partition coefficient (Wildman–Crippen LogP) is 7.83. The third kappa shape index (κ3) is 3.89. The van der Waals surface area contributed by atoms with Crippen LogP contribution in [0.4, 0.5) is 0 Å². The lowest BCUT2D eigenvalue weighted by molar-refractivity contribution is 0.868. The van der Waals surface area contributed by atoms with Gasteiger partial charge < -0.3 is 0 Å². The van der Waals surface area contributed by atoms with Gasteiger partial charge in [-0.25, -0.2) is 0 Å². The van der Waals surface area contributed by atoms with E-state index in [1.54, 1.807) is 21.6 Å². The minimum atomic E-state index is 0.510. The Bertz CT molecular complexity index is 1040. The maximum Gasteiger partial charge on any atom is 0.0716 e. The normalized spacial score (nSPS) is 11.8. The fraction of sp³-hybridized carbons (Fsp3) is 0.250. The number of rotatable bonds is 5. The molecule has 0 aliphatic carbocycles. The van der Waals surface area contributed by atoms with Crippen molar-refractivity contribution >= 4 is 43.4 Å². The molecule has 2 nitrogen and oxygen atoms in total. The average Bonchev–Trinajstić information content (AvgIpc) is 2.71. The predicted molar refractivity (Wildman–Crippen MR) is 123 cm³/mol. The zero-order chi connectivity index (χ0) is 19.7. The van der Waals surface area contributed by atoms with Gasteiger partial charge >= 0.3 is 0 Å². The van der Waals surface area contributed by atoms with Gasteiger partial charge in [0.05, 0.1) is 11.0 Å². The molecule has 0 radical (unpaired) electrons. The van der Waals surface area contributed by atoms with E-state index in [1.165, 1.54) is 31.7 Å². The van der Waals surface area contributed by atoms with Gasteiger partial charge in [-0.2, -0.15) is 0 Å². The van der Waals surface area contributed by atoms with E-state index in [4.69, 9.17) is 0 Å². The summed E-state index contributed by atoms with van der Waals surface area (Å²) >= 11 is 0. The third-order valence-corrected chi connectivity index (χ3v) is 7.49. The Balaban J connectivity index is 1.64. The van der Waals surface area contributed by atoms with Crippen molar-refractivity contribution in [2.75, 3.05) is 0 Å². The van der Waals surface area contributed by atoms with Gasteiger partial charge in [0.15, 0.2) is 0 Å². The number of nitrogens with zero attached hydrogens (tertiary/aromatic N) is 2. The highest BCUT2D eigenvalue weighted by molar-refractivity contribution is 8.76. The number of hydrogen-bond acceptors (Lipinski definition) is 4. The molecule has 0 bridgehead atoms. The molecular formula is C24H24N2S2. The van der Waals surface area contributed by atoms with E-state index >= 15 is 0 Å². The maximum absolute atomic E-state index is 4.58. The van der Waals surface area contributed by atoms with E-state index in [0.717, 1.165) is 11.0 Å². The van der Waals surface area contributed by atoms with Gasteiger partial charge in [0.2, 0.25) is 0 Å². The molecule has 4 rings (SSSR count). The zero-order valence-electron chi connectivity index (χ0n) is 16.6. The molecule has 0 atom stereocenters. The van der Waals surface area contributed by atoms with E-state index < -0.39 is 0 Å². The lowest BCUT2D eigenvalue weighted by atomic mass is 10.0. The van der Waals surface area contributed by atoms with Crippen molar-refractivity contribution in [1.29, 1.82) is 0 Å². The van der Waals surface area contributed by atoms with Crippen molar-refractivity contribution < 1.29 is 0 Å². The van der Waals surface area contributed by atoms with Crippen LogP contribution in [-0.4, -0.2) is 9.97 Å². The molecule has 2 aromatic heterocycles. The SMILES string of the molecule is CC(C)c1ccc2c(SSc3ccnc4cc(C(C)C)ccc34)ccnc2c1. The quantitative estimate of drug-likeness (QED) is 0.317. The molecular weight excluding hydrogens is 380 g/mol. The van der Waals surface area contributed by atoms with Crippen molar-refractivity contribution in [2.45, 2.75) is 49.3 Å². The Morgan fingerprint density at radius 1 is 0.607 bits per heavy atom. The first-order valence-electron chi connectivity index (χ1n) is 9.65.